The molecule has 0 aliphatic carbocycles. The van der Waals surface area contributed by atoms with Gasteiger partial charge in [0.25, 0.3) is 0 Å². The first kappa shape index (κ1) is 15.1. The molecule has 104 valence electrons. The Bertz CT molecular complexity index is 585. The third-order valence-electron chi connectivity index (χ3n) is 2.48. The van der Waals surface area contributed by atoms with Crippen molar-refractivity contribution in [1.29, 1.82) is 0 Å². The minimum atomic E-state index is -0.399. The van der Waals surface area contributed by atoms with E-state index in [-0.39, 0.29) is 13.2 Å². The van der Waals surface area contributed by atoms with E-state index in [0.29, 0.717) is 5.75 Å². The van der Waals surface area contributed by atoms with E-state index in [4.69, 9.17) is 9.47 Å². The summed E-state index contributed by atoms with van der Waals surface area (Å²) in [5.41, 5.74) is 0.950. The summed E-state index contributed by atoms with van der Waals surface area (Å²) in [6.07, 6.45) is 0. The van der Waals surface area contributed by atoms with Crippen molar-refractivity contribution in [2.45, 2.75) is 6.61 Å². The van der Waals surface area contributed by atoms with Crippen LogP contribution in [0.3, 0.4) is 0 Å². The SMILES string of the molecule is O=C(COc1ccc(Br)cc1Br)OCc1ccccc1. The van der Waals surface area contributed by atoms with Crippen LogP contribution in [0.2, 0.25) is 0 Å². The second-order valence-electron chi connectivity index (χ2n) is 4.01. The fraction of sp³-hybridized carbons (Fsp3) is 0.133. The average molecular weight is 400 g/mol. The Labute approximate surface area is 134 Å². The third kappa shape index (κ3) is 4.65. The van der Waals surface area contributed by atoms with E-state index in [2.05, 4.69) is 31.9 Å². The summed E-state index contributed by atoms with van der Waals surface area (Å²) in [5.74, 6) is 0.202. The number of halogens is 2. The molecular weight excluding hydrogens is 388 g/mol. The monoisotopic (exact) mass is 398 g/mol. The lowest BCUT2D eigenvalue weighted by atomic mass is 10.2. The summed E-state index contributed by atoms with van der Waals surface area (Å²) < 4.78 is 12.2. The van der Waals surface area contributed by atoms with E-state index in [1.54, 1.807) is 6.07 Å². The van der Waals surface area contributed by atoms with E-state index < -0.39 is 5.97 Å². The average Bonchev–Trinajstić information content (AvgIpc) is 2.45. The number of carbonyl (C=O) groups is 1. The zero-order valence-electron chi connectivity index (χ0n) is 10.5. The van der Waals surface area contributed by atoms with Crippen LogP contribution >= 0.6 is 31.9 Å². The second kappa shape index (κ2) is 7.45. The zero-order chi connectivity index (χ0) is 14.4. The summed E-state index contributed by atoms with van der Waals surface area (Å²) in [6, 6.07) is 15.0. The normalized spacial score (nSPS) is 10.1. The molecule has 0 spiro atoms. The molecule has 3 nitrogen and oxygen atoms in total. The zero-order valence-corrected chi connectivity index (χ0v) is 13.7. The Morgan fingerprint density at radius 1 is 1.05 bits per heavy atom. The van der Waals surface area contributed by atoms with Crippen LogP contribution in [-0.4, -0.2) is 12.6 Å². The highest BCUT2D eigenvalue weighted by atomic mass is 79.9. The highest BCUT2D eigenvalue weighted by Crippen LogP contribution is 2.28. The van der Waals surface area contributed by atoms with Gasteiger partial charge in [0.05, 0.1) is 4.47 Å². The van der Waals surface area contributed by atoms with Gasteiger partial charge >= 0.3 is 5.97 Å². The Kier molecular flexibility index (Phi) is 5.61. The van der Waals surface area contributed by atoms with Crippen molar-refractivity contribution in [3.8, 4) is 5.75 Å². The first-order valence-corrected chi connectivity index (χ1v) is 7.51. The molecule has 0 aliphatic heterocycles. The van der Waals surface area contributed by atoms with E-state index in [1.165, 1.54) is 0 Å². The molecule has 2 rings (SSSR count). The Hall–Kier alpha value is -1.33. The summed E-state index contributed by atoms with van der Waals surface area (Å²) in [6.45, 7) is 0.137. The summed E-state index contributed by atoms with van der Waals surface area (Å²) >= 11 is 6.72. The lowest BCUT2D eigenvalue weighted by Gasteiger charge is -2.08. The molecule has 2 aromatic carbocycles. The van der Waals surface area contributed by atoms with Crippen LogP contribution in [0.5, 0.6) is 5.75 Å². The number of hydrogen-bond acceptors (Lipinski definition) is 3. The third-order valence-corrected chi connectivity index (χ3v) is 3.60. The number of carbonyl (C=O) groups excluding carboxylic acids is 1. The Morgan fingerprint density at radius 2 is 1.80 bits per heavy atom. The molecule has 0 heterocycles. The number of rotatable bonds is 5. The van der Waals surface area contributed by atoms with Crippen molar-refractivity contribution >= 4 is 37.8 Å². The second-order valence-corrected chi connectivity index (χ2v) is 5.78. The van der Waals surface area contributed by atoms with Crippen molar-refractivity contribution in [2.75, 3.05) is 6.61 Å². The van der Waals surface area contributed by atoms with Gasteiger partial charge in [0.2, 0.25) is 0 Å². The van der Waals surface area contributed by atoms with Gasteiger partial charge < -0.3 is 9.47 Å². The van der Waals surface area contributed by atoms with E-state index in [1.807, 2.05) is 42.5 Å². The quantitative estimate of drug-likeness (QED) is 0.701. The van der Waals surface area contributed by atoms with Crippen LogP contribution in [0.4, 0.5) is 0 Å². The van der Waals surface area contributed by atoms with Crippen LogP contribution in [0.15, 0.2) is 57.5 Å². The van der Waals surface area contributed by atoms with Crippen molar-refractivity contribution in [3.05, 3.63) is 63.0 Å². The maximum atomic E-state index is 11.6. The van der Waals surface area contributed by atoms with Crippen molar-refractivity contribution < 1.29 is 14.3 Å². The van der Waals surface area contributed by atoms with Gasteiger partial charge in [0.1, 0.15) is 12.4 Å². The molecule has 2 aromatic rings. The van der Waals surface area contributed by atoms with E-state index in [9.17, 15) is 4.79 Å². The molecule has 0 aliphatic rings. The molecule has 0 atom stereocenters. The number of hydrogen-bond donors (Lipinski definition) is 0. The lowest BCUT2D eigenvalue weighted by Crippen LogP contribution is -2.14. The van der Waals surface area contributed by atoms with E-state index >= 15 is 0 Å². The van der Waals surface area contributed by atoms with Gasteiger partial charge in [-0.1, -0.05) is 46.3 Å². The fourth-order valence-electron chi connectivity index (χ4n) is 1.51. The molecule has 0 unspecified atom stereocenters. The van der Waals surface area contributed by atoms with Crippen LogP contribution in [0.25, 0.3) is 0 Å². The molecular formula is C15H12Br2O3. The molecule has 0 bridgehead atoms. The highest BCUT2D eigenvalue weighted by Gasteiger charge is 2.07. The summed E-state index contributed by atoms with van der Waals surface area (Å²) in [5, 5.41) is 0. The van der Waals surface area contributed by atoms with Gasteiger partial charge in [-0.2, -0.15) is 0 Å². The molecule has 0 radical (unpaired) electrons. The maximum absolute atomic E-state index is 11.6. The Balaban J connectivity index is 1.80. The van der Waals surface area contributed by atoms with Gasteiger partial charge in [0, 0.05) is 4.47 Å². The van der Waals surface area contributed by atoms with Gasteiger partial charge in [-0.15, -0.1) is 0 Å². The molecule has 0 amide bonds. The van der Waals surface area contributed by atoms with Gasteiger partial charge in [0.15, 0.2) is 6.61 Å². The lowest BCUT2D eigenvalue weighted by molar-refractivity contribution is -0.147. The van der Waals surface area contributed by atoms with Gasteiger partial charge in [-0.3, -0.25) is 0 Å². The molecule has 0 fully saturated rings. The van der Waals surface area contributed by atoms with Crippen LogP contribution < -0.4 is 4.74 Å². The Morgan fingerprint density at radius 3 is 2.50 bits per heavy atom. The molecule has 0 saturated heterocycles. The number of esters is 1. The first-order chi connectivity index (χ1) is 9.65. The first-order valence-electron chi connectivity index (χ1n) is 5.92. The summed E-state index contributed by atoms with van der Waals surface area (Å²) in [4.78, 5) is 11.6. The molecule has 0 saturated carbocycles. The van der Waals surface area contributed by atoms with Crippen molar-refractivity contribution in [2.24, 2.45) is 0 Å². The smallest absolute Gasteiger partial charge is 0.344 e. The predicted octanol–water partition coefficient (Wildman–Crippen LogP) is 4.33. The molecule has 0 aromatic heterocycles. The predicted molar refractivity (Wildman–Crippen MR) is 83.6 cm³/mol. The van der Waals surface area contributed by atoms with Gasteiger partial charge in [-0.05, 0) is 39.7 Å². The minimum Gasteiger partial charge on any atom is -0.481 e. The number of benzene rings is 2. The van der Waals surface area contributed by atoms with Crippen LogP contribution in [-0.2, 0) is 16.1 Å². The molecule has 20 heavy (non-hydrogen) atoms. The maximum Gasteiger partial charge on any atom is 0.344 e. The largest absolute Gasteiger partial charge is 0.481 e. The van der Waals surface area contributed by atoms with Crippen molar-refractivity contribution in [3.63, 3.8) is 0 Å². The van der Waals surface area contributed by atoms with E-state index in [0.717, 1.165) is 14.5 Å². The fourth-order valence-corrected chi connectivity index (χ4v) is 2.67. The highest BCUT2D eigenvalue weighted by molar-refractivity contribution is 9.11. The summed E-state index contributed by atoms with van der Waals surface area (Å²) in [7, 11) is 0. The topological polar surface area (TPSA) is 35.5 Å². The number of ether oxygens (including phenoxy) is 2. The van der Waals surface area contributed by atoms with Gasteiger partial charge in [-0.25, -0.2) is 4.79 Å². The standard InChI is InChI=1S/C15H12Br2O3/c16-12-6-7-14(13(17)8-12)19-10-15(18)20-9-11-4-2-1-3-5-11/h1-8H,9-10H2. The van der Waals surface area contributed by atoms with Crippen LogP contribution in [0, 0.1) is 0 Å². The molecule has 5 heteroatoms. The molecule has 0 N–H and O–H groups in total. The van der Waals surface area contributed by atoms with Crippen LogP contribution in [0.1, 0.15) is 5.56 Å². The van der Waals surface area contributed by atoms with Crippen molar-refractivity contribution in [1.82, 2.24) is 0 Å². The minimum absolute atomic E-state index is 0.118.